The van der Waals surface area contributed by atoms with Crippen molar-refractivity contribution in [2.24, 2.45) is 0 Å². The number of hydrogen-bond acceptors (Lipinski definition) is 0. The lowest BCUT2D eigenvalue weighted by Gasteiger charge is -2.03. The Hall–Kier alpha value is -0.0100. The van der Waals surface area contributed by atoms with Gasteiger partial charge in [0.05, 0.1) is 0 Å². The first-order chi connectivity index (χ1) is 5.74. The smallest absolute Gasteiger partial charge is 0.0440 e. The molecular formula is C10H12BrCl. The summed E-state index contributed by atoms with van der Waals surface area (Å²) in [7, 11) is 0. The van der Waals surface area contributed by atoms with Crippen LogP contribution >= 0.6 is 27.5 Å². The first kappa shape index (κ1) is 10.1. The van der Waals surface area contributed by atoms with Crippen LogP contribution in [0.5, 0.6) is 0 Å². The molecule has 0 N–H and O–H groups in total. The molecule has 0 saturated heterocycles. The van der Waals surface area contributed by atoms with Crippen LogP contribution in [-0.2, 0) is 6.42 Å². The topological polar surface area (TPSA) is 0 Å². The van der Waals surface area contributed by atoms with Gasteiger partial charge in [0.15, 0.2) is 0 Å². The highest BCUT2D eigenvalue weighted by Crippen LogP contribution is 2.19. The summed E-state index contributed by atoms with van der Waals surface area (Å²) in [5, 5.41) is 1.94. The largest absolute Gasteiger partial charge is 0.0928 e. The highest BCUT2D eigenvalue weighted by atomic mass is 79.9. The van der Waals surface area contributed by atoms with E-state index in [1.165, 1.54) is 11.1 Å². The summed E-state index contributed by atoms with van der Waals surface area (Å²) in [6.07, 6.45) is 2.20. The van der Waals surface area contributed by atoms with Gasteiger partial charge in [-0.2, -0.15) is 0 Å². The molecule has 1 aromatic carbocycles. The fourth-order valence-corrected chi connectivity index (χ4v) is 1.72. The molecule has 0 heterocycles. The molecule has 0 radical (unpaired) electrons. The molecule has 1 aromatic rings. The predicted octanol–water partition coefficient (Wildman–Crippen LogP) is 3.98. The van der Waals surface area contributed by atoms with Crippen molar-refractivity contribution in [3.05, 3.63) is 34.3 Å². The second kappa shape index (κ2) is 4.88. The van der Waals surface area contributed by atoms with Gasteiger partial charge >= 0.3 is 0 Å². The fourth-order valence-electron chi connectivity index (χ4n) is 1.11. The van der Waals surface area contributed by atoms with E-state index in [1.54, 1.807) is 0 Å². The van der Waals surface area contributed by atoms with Crippen molar-refractivity contribution >= 4 is 27.5 Å². The van der Waals surface area contributed by atoms with Crippen LogP contribution in [-0.4, -0.2) is 5.33 Å². The van der Waals surface area contributed by atoms with Crippen LogP contribution < -0.4 is 0 Å². The predicted molar refractivity (Wildman–Crippen MR) is 58.3 cm³/mol. The second-order valence-corrected chi connectivity index (χ2v) is 4.09. The number of alkyl halides is 1. The molecule has 0 spiro atoms. The molecule has 1 rings (SSSR count). The summed E-state index contributed by atoms with van der Waals surface area (Å²) in [6.45, 7) is 2.06. The molecule has 0 aromatic heterocycles. The van der Waals surface area contributed by atoms with E-state index in [-0.39, 0.29) is 0 Å². The first-order valence-corrected chi connectivity index (χ1v) is 5.55. The zero-order chi connectivity index (χ0) is 8.97. The summed E-state index contributed by atoms with van der Waals surface area (Å²) >= 11 is 9.45. The van der Waals surface area contributed by atoms with Gasteiger partial charge in [0.25, 0.3) is 0 Å². The number of hydrogen-bond donors (Lipinski definition) is 0. The van der Waals surface area contributed by atoms with Crippen LogP contribution in [0.25, 0.3) is 0 Å². The SMILES string of the molecule is Cc1ccc(CCCBr)c(Cl)c1. The van der Waals surface area contributed by atoms with Crippen molar-refractivity contribution < 1.29 is 0 Å². The molecule has 0 aliphatic carbocycles. The van der Waals surface area contributed by atoms with Crippen LogP contribution in [0.2, 0.25) is 5.02 Å². The maximum Gasteiger partial charge on any atom is 0.0440 e. The molecule has 2 heteroatoms. The van der Waals surface area contributed by atoms with Gasteiger partial charge in [0.2, 0.25) is 0 Å². The Balaban J connectivity index is 2.72. The van der Waals surface area contributed by atoms with Crippen molar-refractivity contribution in [1.82, 2.24) is 0 Å². The van der Waals surface area contributed by atoms with Crippen molar-refractivity contribution in [3.8, 4) is 0 Å². The highest BCUT2D eigenvalue weighted by molar-refractivity contribution is 9.09. The standard InChI is InChI=1S/C10H12BrCl/c1-8-4-5-9(3-2-6-11)10(12)7-8/h4-5,7H,2-3,6H2,1H3. The van der Waals surface area contributed by atoms with Gasteiger partial charge in [-0.05, 0) is 37.0 Å². The van der Waals surface area contributed by atoms with Gasteiger partial charge in [0, 0.05) is 10.4 Å². The van der Waals surface area contributed by atoms with Crippen molar-refractivity contribution in [3.63, 3.8) is 0 Å². The lowest BCUT2D eigenvalue weighted by Crippen LogP contribution is -1.87. The average Bonchev–Trinajstić information content (AvgIpc) is 2.03. The third-order valence-electron chi connectivity index (χ3n) is 1.79. The number of benzene rings is 1. The maximum absolute atomic E-state index is 6.05. The average molecular weight is 248 g/mol. The third kappa shape index (κ3) is 2.80. The molecule has 0 aliphatic rings. The molecular weight excluding hydrogens is 235 g/mol. The molecule has 0 fully saturated rings. The number of rotatable bonds is 3. The zero-order valence-corrected chi connectivity index (χ0v) is 9.45. The van der Waals surface area contributed by atoms with Crippen LogP contribution in [0.15, 0.2) is 18.2 Å². The Morgan fingerprint density at radius 3 is 2.75 bits per heavy atom. The van der Waals surface area contributed by atoms with Gasteiger partial charge in [0.1, 0.15) is 0 Å². The minimum absolute atomic E-state index is 0.899. The molecule has 66 valence electrons. The fraction of sp³-hybridized carbons (Fsp3) is 0.400. The van der Waals surface area contributed by atoms with Crippen molar-refractivity contribution in [2.45, 2.75) is 19.8 Å². The first-order valence-electron chi connectivity index (χ1n) is 4.05. The van der Waals surface area contributed by atoms with E-state index in [4.69, 9.17) is 11.6 Å². The summed E-state index contributed by atoms with van der Waals surface area (Å²) in [6, 6.07) is 6.24. The summed E-state index contributed by atoms with van der Waals surface area (Å²) in [5.41, 5.74) is 2.48. The Bertz CT molecular complexity index is 258. The van der Waals surface area contributed by atoms with Gasteiger partial charge in [-0.15, -0.1) is 0 Å². The van der Waals surface area contributed by atoms with Crippen LogP contribution in [0, 0.1) is 6.92 Å². The molecule has 0 amide bonds. The van der Waals surface area contributed by atoms with E-state index < -0.39 is 0 Å². The minimum Gasteiger partial charge on any atom is -0.0928 e. The highest BCUT2D eigenvalue weighted by Gasteiger charge is 1.98. The molecule has 0 unspecified atom stereocenters. The molecule has 12 heavy (non-hydrogen) atoms. The van der Waals surface area contributed by atoms with E-state index >= 15 is 0 Å². The van der Waals surface area contributed by atoms with Gasteiger partial charge in [-0.3, -0.25) is 0 Å². The second-order valence-electron chi connectivity index (χ2n) is 2.89. The summed E-state index contributed by atoms with van der Waals surface area (Å²) in [4.78, 5) is 0. The van der Waals surface area contributed by atoms with Crippen LogP contribution in [0.4, 0.5) is 0 Å². The quantitative estimate of drug-likeness (QED) is 0.709. The molecule has 0 atom stereocenters. The van der Waals surface area contributed by atoms with Gasteiger partial charge in [-0.25, -0.2) is 0 Å². The number of aryl methyl sites for hydroxylation is 2. The van der Waals surface area contributed by atoms with Crippen molar-refractivity contribution in [1.29, 1.82) is 0 Å². The molecule has 0 aliphatic heterocycles. The van der Waals surface area contributed by atoms with E-state index in [9.17, 15) is 0 Å². The van der Waals surface area contributed by atoms with E-state index in [0.717, 1.165) is 23.2 Å². The minimum atomic E-state index is 0.899. The molecule has 0 saturated carbocycles. The van der Waals surface area contributed by atoms with Gasteiger partial charge in [-0.1, -0.05) is 39.7 Å². The molecule has 0 nitrogen and oxygen atoms in total. The normalized spacial score (nSPS) is 10.2. The zero-order valence-electron chi connectivity index (χ0n) is 7.11. The van der Waals surface area contributed by atoms with Crippen molar-refractivity contribution in [2.75, 3.05) is 5.33 Å². The Morgan fingerprint density at radius 2 is 2.17 bits per heavy atom. The monoisotopic (exact) mass is 246 g/mol. The lowest BCUT2D eigenvalue weighted by atomic mass is 10.1. The maximum atomic E-state index is 6.05. The summed E-state index contributed by atoms with van der Waals surface area (Å²) in [5.74, 6) is 0. The van der Waals surface area contributed by atoms with Crippen LogP contribution in [0.1, 0.15) is 17.5 Å². The Labute approximate surface area is 87.1 Å². The van der Waals surface area contributed by atoms with Gasteiger partial charge < -0.3 is 0 Å². The number of halogens is 2. The lowest BCUT2D eigenvalue weighted by molar-refractivity contribution is 0.939. The Morgan fingerprint density at radius 1 is 1.42 bits per heavy atom. The van der Waals surface area contributed by atoms with E-state index in [0.29, 0.717) is 0 Å². The van der Waals surface area contributed by atoms with Crippen LogP contribution in [0.3, 0.4) is 0 Å². The third-order valence-corrected chi connectivity index (χ3v) is 2.70. The van der Waals surface area contributed by atoms with E-state index in [2.05, 4.69) is 35.0 Å². The molecule has 0 bridgehead atoms. The summed E-state index contributed by atoms with van der Waals surface area (Å²) < 4.78 is 0. The Kier molecular flexibility index (Phi) is 4.10. The van der Waals surface area contributed by atoms with E-state index in [1.807, 2.05) is 6.07 Å².